The van der Waals surface area contributed by atoms with Crippen LogP contribution < -0.4 is 15.4 Å². The van der Waals surface area contributed by atoms with Crippen molar-refractivity contribution in [2.45, 2.75) is 88.7 Å². The largest absolute Gasteiger partial charge is 0.353 e. The SMILES string of the molecule is CC1CC2CC(CC(C)(C(=O)NC3CC3)C2)C1NC(=O)C(C)(C)NSc1ccccc1Br. The molecule has 0 aromatic heterocycles. The lowest BCUT2D eigenvalue weighted by molar-refractivity contribution is -0.137. The van der Waals surface area contributed by atoms with Gasteiger partial charge < -0.3 is 10.6 Å². The lowest BCUT2D eigenvalue weighted by Gasteiger charge is -2.50. The van der Waals surface area contributed by atoms with Crippen LogP contribution in [0.2, 0.25) is 0 Å². The standard InChI is InChI=1S/C25H36BrN3O2S/c1-15-11-16-12-17(14-25(4,13-16)23(31)27-18-9-10-18)21(15)28-22(30)24(2,3)29-32-20-8-6-5-7-19(20)26/h5-8,15-18,21,29H,9-14H2,1-4H3,(H,27,31)(H,28,30). The molecule has 3 fully saturated rings. The zero-order valence-electron chi connectivity index (χ0n) is 19.5. The monoisotopic (exact) mass is 521 g/mol. The van der Waals surface area contributed by atoms with Crippen molar-refractivity contribution in [3.8, 4) is 0 Å². The molecule has 0 aliphatic heterocycles. The summed E-state index contributed by atoms with van der Waals surface area (Å²) in [7, 11) is 0. The first kappa shape index (κ1) is 24.1. The molecule has 32 heavy (non-hydrogen) atoms. The highest BCUT2D eigenvalue weighted by Crippen LogP contribution is 2.50. The number of amides is 2. The molecule has 176 valence electrons. The van der Waals surface area contributed by atoms with Crippen molar-refractivity contribution in [3.63, 3.8) is 0 Å². The Labute approximate surface area is 204 Å². The number of carbonyl (C=O) groups excluding carboxylic acids is 2. The Bertz CT molecular complexity index is 872. The van der Waals surface area contributed by atoms with Gasteiger partial charge in [-0.05, 0) is 110 Å². The molecule has 3 aliphatic rings. The van der Waals surface area contributed by atoms with Crippen LogP contribution in [0.3, 0.4) is 0 Å². The number of nitrogens with one attached hydrogen (secondary N) is 3. The second-order valence-electron chi connectivity index (χ2n) is 11.1. The van der Waals surface area contributed by atoms with Crippen LogP contribution in [0.1, 0.15) is 66.2 Å². The summed E-state index contributed by atoms with van der Waals surface area (Å²) in [5.74, 6) is 1.58. The van der Waals surface area contributed by atoms with Crippen LogP contribution in [-0.2, 0) is 9.59 Å². The van der Waals surface area contributed by atoms with Crippen LogP contribution in [0.15, 0.2) is 33.6 Å². The molecular formula is C25H36BrN3O2S. The lowest BCUT2D eigenvalue weighted by atomic mass is 9.57. The molecule has 3 aliphatic carbocycles. The van der Waals surface area contributed by atoms with E-state index in [4.69, 9.17) is 0 Å². The Kier molecular flexibility index (Phi) is 7.00. The fourth-order valence-corrected chi connectivity index (χ4v) is 6.90. The third-order valence-corrected chi connectivity index (χ3v) is 9.64. The average molecular weight is 523 g/mol. The zero-order chi connectivity index (χ0) is 23.1. The third kappa shape index (κ3) is 5.36. The Hall–Kier alpha value is -1.05. The van der Waals surface area contributed by atoms with Gasteiger partial charge in [-0.3, -0.25) is 9.59 Å². The van der Waals surface area contributed by atoms with E-state index in [-0.39, 0.29) is 23.3 Å². The van der Waals surface area contributed by atoms with Gasteiger partial charge in [0.25, 0.3) is 0 Å². The van der Waals surface area contributed by atoms with Crippen LogP contribution in [0.5, 0.6) is 0 Å². The van der Waals surface area contributed by atoms with Gasteiger partial charge in [0.15, 0.2) is 0 Å². The highest BCUT2D eigenvalue weighted by molar-refractivity contribution is 9.10. The van der Waals surface area contributed by atoms with E-state index in [1.54, 1.807) is 0 Å². The maximum atomic E-state index is 13.3. The number of benzene rings is 1. The summed E-state index contributed by atoms with van der Waals surface area (Å²) in [5, 5.41) is 6.63. The second kappa shape index (κ2) is 9.30. The molecular weight excluding hydrogens is 486 g/mol. The number of carbonyl (C=O) groups is 2. The Balaban J connectivity index is 1.40. The van der Waals surface area contributed by atoms with E-state index in [0.717, 1.165) is 47.9 Å². The minimum atomic E-state index is -0.724. The summed E-state index contributed by atoms with van der Waals surface area (Å²) in [5.41, 5.74) is -1.04. The number of rotatable bonds is 7. The van der Waals surface area contributed by atoms with Crippen molar-refractivity contribution in [1.82, 2.24) is 15.4 Å². The summed E-state index contributed by atoms with van der Waals surface area (Å²) in [6, 6.07) is 8.49. The van der Waals surface area contributed by atoms with Gasteiger partial charge in [-0.15, -0.1) is 0 Å². The summed E-state index contributed by atoms with van der Waals surface area (Å²) in [6.45, 7) is 8.25. The summed E-state index contributed by atoms with van der Waals surface area (Å²) < 4.78 is 4.36. The van der Waals surface area contributed by atoms with Crippen molar-refractivity contribution in [2.24, 2.45) is 23.2 Å². The molecule has 0 saturated heterocycles. The molecule has 3 saturated carbocycles. The molecule has 5 nitrogen and oxygen atoms in total. The number of fused-ring (bicyclic) bond motifs is 2. The molecule has 0 heterocycles. The Morgan fingerprint density at radius 1 is 1.12 bits per heavy atom. The van der Waals surface area contributed by atoms with Crippen LogP contribution in [0.4, 0.5) is 0 Å². The molecule has 0 radical (unpaired) electrons. The third-order valence-electron chi connectivity index (χ3n) is 7.49. The van der Waals surface area contributed by atoms with Gasteiger partial charge in [0.2, 0.25) is 11.8 Å². The van der Waals surface area contributed by atoms with Gasteiger partial charge >= 0.3 is 0 Å². The molecule has 3 N–H and O–H groups in total. The maximum Gasteiger partial charge on any atom is 0.240 e. The second-order valence-corrected chi connectivity index (χ2v) is 12.8. The van der Waals surface area contributed by atoms with Crippen molar-refractivity contribution in [1.29, 1.82) is 0 Å². The average Bonchev–Trinajstić information content (AvgIpc) is 3.54. The van der Waals surface area contributed by atoms with Crippen molar-refractivity contribution < 1.29 is 9.59 Å². The fraction of sp³-hybridized carbons (Fsp3) is 0.680. The van der Waals surface area contributed by atoms with Crippen molar-refractivity contribution in [3.05, 3.63) is 28.7 Å². The topological polar surface area (TPSA) is 70.2 Å². The van der Waals surface area contributed by atoms with Crippen LogP contribution in [0.25, 0.3) is 0 Å². The minimum Gasteiger partial charge on any atom is -0.353 e. The van der Waals surface area contributed by atoms with Gasteiger partial charge in [-0.2, -0.15) is 0 Å². The van der Waals surface area contributed by atoms with E-state index >= 15 is 0 Å². The molecule has 1 aromatic rings. The van der Waals surface area contributed by atoms with Gasteiger partial charge in [0, 0.05) is 26.9 Å². The first-order chi connectivity index (χ1) is 15.1. The molecule has 5 unspecified atom stereocenters. The van der Waals surface area contributed by atoms with E-state index in [1.807, 2.05) is 38.1 Å². The fourth-order valence-electron chi connectivity index (χ4n) is 5.61. The zero-order valence-corrected chi connectivity index (χ0v) is 21.9. The van der Waals surface area contributed by atoms with E-state index in [1.165, 1.54) is 11.9 Å². The molecule has 7 heteroatoms. The number of hydrogen-bond acceptors (Lipinski definition) is 4. The number of hydrogen-bond donors (Lipinski definition) is 3. The Morgan fingerprint density at radius 3 is 2.53 bits per heavy atom. The normalized spacial score (nSPS) is 32.3. The highest BCUT2D eigenvalue weighted by Gasteiger charge is 2.50. The number of halogens is 1. The van der Waals surface area contributed by atoms with E-state index in [0.29, 0.717) is 23.8 Å². The first-order valence-corrected chi connectivity index (χ1v) is 13.5. The van der Waals surface area contributed by atoms with Crippen molar-refractivity contribution >= 4 is 39.7 Å². The van der Waals surface area contributed by atoms with E-state index in [2.05, 4.69) is 45.1 Å². The maximum absolute atomic E-state index is 13.3. The van der Waals surface area contributed by atoms with Crippen molar-refractivity contribution in [2.75, 3.05) is 0 Å². The first-order valence-electron chi connectivity index (χ1n) is 11.9. The molecule has 2 amide bonds. The molecule has 4 rings (SSSR count). The summed E-state index contributed by atoms with van der Waals surface area (Å²) >= 11 is 5.03. The summed E-state index contributed by atoms with van der Waals surface area (Å²) in [4.78, 5) is 27.4. The van der Waals surface area contributed by atoms with Gasteiger partial charge in [-0.25, -0.2) is 4.72 Å². The molecule has 5 atom stereocenters. The smallest absolute Gasteiger partial charge is 0.240 e. The van der Waals surface area contributed by atoms with E-state index < -0.39 is 5.54 Å². The highest BCUT2D eigenvalue weighted by atomic mass is 79.9. The Morgan fingerprint density at radius 2 is 1.84 bits per heavy atom. The van der Waals surface area contributed by atoms with Crippen LogP contribution >= 0.6 is 27.9 Å². The summed E-state index contributed by atoms with van der Waals surface area (Å²) in [6.07, 6.45) is 6.25. The van der Waals surface area contributed by atoms with Crippen LogP contribution in [0, 0.1) is 23.2 Å². The van der Waals surface area contributed by atoms with Crippen LogP contribution in [-0.4, -0.2) is 29.4 Å². The predicted octanol–water partition coefficient (Wildman–Crippen LogP) is 5.05. The quantitative estimate of drug-likeness (QED) is 0.439. The van der Waals surface area contributed by atoms with E-state index in [9.17, 15) is 9.59 Å². The van der Waals surface area contributed by atoms with Gasteiger partial charge in [0.1, 0.15) is 5.54 Å². The van der Waals surface area contributed by atoms with Gasteiger partial charge in [-0.1, -0.05) is 26.0 Å². The predicted molar refractivity (Wildman–Crippen MR) is 133 cm³/mol. The molecule has 0 spiro atoms. The van der Waals surface area contributed by atoms with Gasteiger partial charge in [0.05, 0.1) is 0 Å². The lowest BCUT2D eigenvalue weighted by Crippen LogP contribution is -2.59. The molecule has 2 bridgehead atoms. The minimum absolute atomic E-state index is 0.0158. The molecule has 1 aromatic carbocycles.